The monoisotopic (exact) mass is 300 g/mol. The summed E-state index contributed by atoms with van der Waals surface area (Å²) in [6.07, 6.45) is 3.71. The van der Waals surface area contributed by atoms with Crippen LogP contribution < -0.4 is 10.1 Å². The Morgan fingerprint density at radius 2 is 2.25 bits per heavy atom. The lowest BCUT2D eigenvalue weighted by Gasteiger charge is -2.21. The minimum Gasteiger partial charge on any atom is -0.473 e. The molecule has 1 aromatic heterocycles. The fraction of sp³-hybridized carbons (Fsp3) is 0.846. The molecule has 0 aromatic carbocycles. The summed E-state index contributed by atoms with van der Waals surface area (Å²) >= 11 is 1.10. The maximum absolute atomic E-state index is 9.80. The smallest absolute Gasteiger partial charge is 0.245 e. The van der Waals surface area contributed by atoms with Crippen molar-refractivity contribution in [1.82, 2.24) is 19.0 Å². The molecule has 1 aliphatic heterocycles. The largest absolute Gasteiger partial charge is 0.473 e. The Kier molecular flexibility index (Phi) is 6.65. The van der Waals surface area contributed by atoms with Crippen LogP contribution in [0.2, 0.25) is 0 Å². The molecule has 2 N–H and O–H groups in total. The summed E-state index contributed by atoms with van der Waals surface area (Å²) in [5.74, 6) is 1.08. The number of nitrogens with zero attached hydrogens (tertiary/aromatic N) is 3. The molecular weight excluding hydrogens is 276 g/mol. The Hall–Kier alpha value is -0.760. The number of aliphatic hydroxyl groups excluding tert-OH is 1. The van der Waals surface area contributed by atoms with Crippen molar-refractivity contribution >= 4 is 11.7 Å². The fourth-order valence-corrected chi connectivity index (χ4v) is 2.79. The van der Waals surface area contributed by atoms with E-state index in [0.717, 1.165) is 24.8 Å². The lowest BCUT2D eigenvalue weighted by molar-refractivity contribution is 0.103. The molecule has 7 heteroatoms. The first-order valence-electron chi connectivity index (χ1n) is 7.25. The molecule has 2 unspecified atom stereocenters. The van der Waals surface area contributed by atoms with Crippen LogP contribution in [0.1, 0.15) is 19.8 Å². The summed E-state index contributed by atoms with van der Waals surface area (Å²) in [6.45, 7) is 7.58. The van der Waals surface area contributed by atoms with Crippen LogP contribution in [0, 0.1) is 5.92 Å². The second kappa shape index (κ2) is 8.51. The first-order chi connectivity index (χ1) is 9.74. The van der Waals surface area contributed by atoms with E-state index in [4.69, 9.17) is 4.74 Å². The first-order valence-corrected chi connectivity index (χ1v) is 7.98. The third-order valence-corrected chi connectivity index (χ3v) is 3.87. The summed E-state index contributed by atoms with van der Waals surface area (Å²) < 4.78 is 13.1. The van der Waals surface area contributed by atoms with Crippen molar-refractivity contribution in [2.45, 2.75) is 25.9 Å². The molecule has 0 saturated carbocycles. The van der Waals surface area contributed by atoms with E-state index in [-0.39, 0.29) is 6.61 Å². The van der Waals surface area contributed by atoms with E-state index in [1.807, 2.05) is 0 Å². The Labute approximate surface area is 124 Å². The lowest BCUT2D eigenvalue weighted by atomic mass is 10.1. The fourth-order valence-electron chi connectivity index (χ4n) is 2.43. The zero-order valence-corrected chi connectivity index (χ0v) is 12.8. The Morgan fingerprint density at radius 3 is 2.95 bits per heavy atom. The van der Waals surface area contributed by atoms with Gasteiger partial charge in [0.1, 0.15) is 18.9 Å². The van der Waals surface area contributed by atoms with Crippen LogP contribution >= 0.6 is 11.7 Å². The molecule has 0 aliphatic carbocycles. The first kappa shape index (κ1) is 15.6. The predicted molar refractivity (Wildman–Crippen MR) is 79.1 cm³/mol. The van der Waals surface area contributed by atoms with Crippen LogP contribution in [-0.2, 0) is 0 Å². The molecule has 1 aromatic rings. The number of likely N-dealkylation sites (tertiary alicyclic amines) is 1. The van der Waals surface area contributed by atoms with Gasteiger partial charge in [-0.2, -0.15) is 4.37 Å². The van der Waals surface area contributed by atoms with Gasteiger partial charge in [-0.05, 0) is 38.4 Å². The highest BCUT2D eigenvalue weighted by Crippen LogP contribution is 2.09. The van der Waals surface area contributed by atoms with Gasteiger partial charge in [0.05, 0.1) is 11.7 Å². The maximum atomic E-state index is 9.80. The predicted octanol–water partition coefficient (Wildman–Crippen LogP) is 0.599. The molecule has 0 spiro atoms. The second-order valence-electron chi connectivity index (χ2n) is 5.48. The van der Waals surface area contributed by atoms with Crippen LogP contribution in [-0.4, -0.2) is 64.2 Å². The van der Waals surface area contributed by atoms with E-state index in [1.165, 1.54) is 25.9 Å². The van der Waals surface area contributed by atoms with E-state index in [1.54, 1.807) is 6.20 Å². The van der Waals surface area contributed by atoms with Gasteiger partial charge in [0, 0.05) is 13.1 Å². The average Bonchev–Trinajstić information content (AvgIpc) is 3.09. The quantitative estimate of drug-likeness (QED) is 0.696. The highest BCUT2D eigenvalue weighted by Gasteiger charge is 2.14. The third kappa shape index (κ3) is 5.70. The summed E-state index contributed by atoms with van der Waals surface area (Å²) in [5, 5.41) is 13.1. The minimum absolute atomic E-state index is 0.249. The SMILES string of the molecule is CC(CNCC(O)COc1cnsn1)CN1CCCC1. The van der Waals surface area contributed by atoms with Gasteiger partial charge >= 0.3 is 0 Å². The number of aromatic nitrogens is 2. The summed E-state index contributed by atoms with van der Waals surface area (Å²) in [7, 11) is 0. The molecular formula is C13H24N4O2S. The molecule has 20 heavy (non-hydrogen) atoms. The van der Waals surface area contributed by atoms with E-state index in [9.17, 15) is 5.11 Å². The molecule has 1 fully saturated rings. The number of hydrogen-bond acceptors (Lipinski definition) is 7. The molecule has 114 valence electrons. The molecule has 2 atom stereocenters. The van der Waals surface area contributed by atoms with Crippen LogP contribution in [0.25, 0.3) is 0 Å². The Bertz CT molecular complexity index is 357. The van der Waals surface area contributed by atoms with Gasteiger partial charge in [0.15, 0.2) is 0 Å². The standard InChI is InChI=1S/C13H24N4O2S/c1-11(9-17-4-2-3-5-17)6-14-7-12(18)10-19-13-8-15-20-16-13/h8,11-12,14,18H,2-7,9-10H2,1H3. The van der Waals surface area contributed by atoms with Crippen molar-refractivity contribution in [2.24, 2.45) is 5.92 Å². The zero-order valence-electron chi connectivity index (χ0n) is 12.0. The topological polar surface area (TPSA) is 70.5 Å². The molecule has 2 heterocycles. The number of rotatable bonds is 9. The number of ether oxygens (including phenoxy) is 1. The minimum atomic E-state index is -0.518. The van der Waals surface area contributed by atoms with Gasteiger partial charge in [0.2, 0.25) is 5.88 Å². The van der Waals surface area contributed by atoms with Gasteiger partial charge < -0.3 is 20.1 Å². The van der Waals surface area contributed by atoms with Gasteiger partial charge in [-0.15, -0.1) is 4.37 Å². The molecule has 2 rings (SSSR count). The molecule has 0 bridgehead atoms. The van der Waals surface area contributed by atoms with Gasteiger partial charge in [-0.25, -0.2) is 0 Å². The molecule has 1 saturated heterocycles. The maximum Gasteiger partial charge on any atom is 0.245 e. The second-order valence-corrected chi connectivity index (χ2v) is 6.04. The third-order valence-electron chi connectivity index (χ3n) is 3.41. The average molecular weight is 300 g/mol. The van der Waals surface area contributed by atoms with Crippen molar-refractivity contribution in [3.05, 3.63) is 6.20 Å². The van der Waals surface area contributed by atoms with Gasteiger partial charge in [-0.3, -0.25) is 0 Å². The van der Waals surface area contributed by atoms with E-state index in [0.29, 0.717) is 18.3 Å². The van der Waals surface area contributed by atoms with Crippen molar-refractivity contribution in [2.75, 3.05) is 39.3 Å². The van der Waals surface area contributed by atoms with Crippen LogP contribution in [0.15, 0.2) is 6.20 Å². The van der Waals surface area contributed by atoms with E-state index >= 15 is 0 Å². The molecule has 0 amide bonds. The van der Waals surface area contributed by atoms with Gasteiger partial charge in [-0.1, -0.05) is 6.92 Å². The van der Waals surface area contributed by atoms with Crippen LogP contribution in [0.5, 0.6) is 5.88 Å². The Morgan fingerprint density at radius 1 is 1.45 bits per heavy atom. The van der Waals surface area contributed by atoms with Crippen molar-refractivity contribution < 1.29 is 9.84 Å². The van der Waals surface area contributed by atoms with Crippen molar-refractivity contribution in [3.63, 3.8) is 0 Å². The molecule has 6 nitrogen and oxygen atoms in total. The zero-order chi connectivity index (χ0) is 14.2. The summed E-state index contributed by atoms with van der Waals surface area (Å²) in [4.78, 5) is 2.52. The van der Waals surface area contributed by atoms with Crippen molar-refractivity contribution in [3.8, 4) is 5.88 Å². The Balaban J connectivity index is 1.50. The van der Waals surface area contributed by atoms with Crippen LogP contribution in [0.4, 0.5) is 0 Å². The normalized spacial score (nSPS) is 19.1. The number of nitrogens with one attached hydrogen (secondary N) is 1. The number of aliphatic hydroxyl groups is 1. The summed E-state index contributed by atoms with van der Waals surface area (Å²) in [5.41, 5.74) is 0. The highest BCUT2D eigenvalue weighted by molar-refractivity contribution is 6.99. The van der Waals surface area contributed by atoms with E-state index < -0.39 is 6.10 Å². The van der Waals surface area contributed by atoms with Crippen LogP contribution in [0.3, 0.4) is 0 Å². The lowest BCUT2D eigenvalue weighted by Crippen LogP contribution is -2.36. The van der Waals surface area contributed by atoms with Gasteiger partial charge in [0.25, 0.3) is 0 Å². The van der Waals surface area contributed by atoms with Crippen molar-refractivity contribution in [1.29, 1.82) is 0 Å². The summed E-state index contributed by atoms with van der Waals surface area (Å²) in [6, 6.07) is 0. The highest BCUT2D eigenvalue weighted by atomic mass is 32.1. The molecule has 0 radical (unpaired) electrons. The number of hydrogen-bond donors (Lipinski definition) is 2. The molecule has 1 aliphatic rings. The van der Waals surface area contributed by atoms with E-state index in [2.05, 4.69) is 25.9 Å².